The SMILES string of the molecule is CCC=Cc1cccc(CBr)c1. The van der Waals surface area contributed by atoms with Crippen molar-refractivity contribution in [2.24, 2.45) is 0 Å². The molecule has 0 fully saturated rings. The van der Waals surface area contributed by atoms with E-state index in [1.54, 1.807) is 0 Å². The normalized spacial score (nSPS) is 10.8. The molecular formula is C11H13Br. The van der Waals surface area contributed by atoms with Crippen LogP contribution in [0.25, 0.3) is 6.08 Å². The van der Waals surface area contributed by atoms with Gasteiger partial charge in [0.1, 0.15) is 0 Å². The topological polar surface area (TPSA) is 0 Å². The number of benzene rings is 1. The van der Waals surface area contributed by atoms with Crippen LogP contribution in [0.3, 0.4) is 0 Å². The molecule has 1 heteroatoms. The highest BCUT2D eigenvalue weighted by molar-refractivity contribution is 9.08. The Bertz CT molecular complexity index is 263. The van der Waals surface area contributed by atoms with Gasteiger partial charge in [-0.2, -0.15) is 0 Å². The van der Waals surface area contributed by atoms with Crippen LogP contribution in [0.4, 0.5) is 0 Å². The average molecular weight is 225 g/mol. The van der Waals surface area contributed by atoms with E-state index in [0.717, 1.165) is 11.8 Å². The predicted molar refractivity (Wildman–Crippen MR) is 58.4 cm³/mol. The Morgan fingerprint density at radius 1 is 1.42 bits per heavy atom. The van der Waals surface area contributed by atoms with Gasteiger partial charge in [-0.15, -0.1) is 0 Å². The molecule has 64 valence electrons. The van der Waals surface area contributed by atoms with Crippen LogP contribution in [0.5, 0.6) is 0 Å². The van der Waals surface area contributed by atoms with Gasteiger partial charge >= 0.3 is 0 Å². The van der Waals surface area contributed by atoms with Crippen molar-refractivity contribution >= 4 is 22.0 Å². The molecule has 0 aliphatic rings. The molecule has 0 aliphatic heterocycles. The molecule has 0 saturated carbocycles. The first-order valence-electron chi connectivity index (χ1n) is 4.18. The maximum absolute atomic E-state index is 3.44. The van der Waals surface area contributed by atoms with Gasteiger partial charge in [0.15, 0.2) is 0 Å². The third kappa shape index (κ3) is 2.82. The molecule has 12 heavy (non-hydrogen) atoms. The minimum Gasteiger partial charge on any atom is -0.0876 e. The number of rotatable bonds is 3. The summed E-state index contributed by atoms with van der Waals surface area (Å²) in [6, 6.07) is 8.53. The first-order valence-corrected chi connectivity index (χ1v) is 5.30. The summed E-state index contributed by atoms with van der Waals surface area (Å²) in [5, 5.41) is 0.931. The lowest BCUT2D eigenvalue weighted by Gasteiger charge is -1.96. The van der Waals surface area contributed by atoms with Gasteiger partial charge in [-0.25, -0.2) is 0 Å². The van der Waals surface area contributed by atoms with E-state index in [1.165, 1.54) is 11.1 Å². The zero-order chi connectivity index (χ0) is 8.81. The maximum atomic E-state index is 3.44. The van der Waals surface area contributed by atoms with Crippen LogP contribution in [-0.2, 0) is 5.33 Å². The quantitative estimate of drug-likeness (QED) is 0.682. The number of hydrogen-bond donors (Lipinski definition) is 0. The smallest absolute Gasteiger partial charge is 0.0283 e. The summed E-state index contributed by atoms with van der Waals surface area (Å²) in [5.74, 6) is 0. The van der Waals surface area contributed by atoms with E-state index in [9.17, 15) is 0 Å². The Kier molecular flexibility index (Phi) is 4.09. The average Bonchev–Trinajstić information content (AvgIpc) is 2.15. The van der Waals surface area contributed by atoms with Crippen LogP contribution in [0.1, 0.15) is 24.5 Å². The molecule has 0 unspecified atom stereocenters. The van der Waals surface area contributed by atoms with Crippen molar-refractivity contribution in [3.63, 3.8) is 0 Å². The van der Waals surface area contributed by atoms with E-state index >= 15 is 0 Å². The van der Waals surface area contributed by atoms with Crippen molar-refractivity contribution in [1.29, 1.82) is 0 Å². The second-order valence-electron chi connectivity index (χ2n) is 2.69. The van der Waals surface area contributed by atoms with Crippen LogP contribution >= 0.6 is 15.9 Å². The molecule has 0 aromatic heterocycles. The fourth-order valence-corrected chi connectivity index (χ4v) is 1.38. The number of allylic oxidation sites excluding steroid dienone is 1. The van der Waals surface area contributed by atoms with Crippen molar-refractivity contribution in [1.82, 2.24) is 0 Å². The molecule has 0 aliphatic carbocycles. The zero-order valence-electron chi connectivity index (χ0n) is 7.26. The molecule has 0 amide bonds. The Morgan fingerprint density at radius 3 is 2.92 bits per heavy atom. The van der Waals surface area contributed by atoms with Crippen molar-refractivity contribution in [2.75, 3.05) is 0 Å². The first-order chi connectivity index (χ1) is 5.86. The second-order valence-corrected chi connectivity index (χ2v) is 3.25. The van der Waals surface area contributed by atoms with E-state index in [2.05, 4.69) is 59.3 Å². The van der Waals surface area contributed by atoms with E-state index in [0.29, 0.717) is 0 Å². The number of hydrogen-bond acceptors (Lipinski definition) is 0. The predicted octanol–water partition coefficient (Wildman–Crippen LogP) is 4.00. The van der Waals surface area contributed by atoms with Crippen LogP contribution < -0.4 is 0 Å². The molecule has 0 atom stereocenters. The molecule has 0 spiro atoms. The molecule has 1 aromatic rings. The van der Waals surface area contributed by atoms with Gasteiger partial charge < -0.3 is 0 Å². The molecular weight excluding hydrogens is 212 g/mol. The molecule has 0 N–H and O–H groups in total. The third-order valence-corrected chi connectivity index (χ3v) is 2.30. The summed E-state index contributed by atoms with van der Waals surface area (Å²) in [6.07, 6.45) is 5.43. The molecule has 0 nitrogen and oxygen atoms in total. The fourth-order valence-electron chi connectivity index (χ4n) is 1.03. The number of alkyl halides is 1. The Hall–Kier alpha value is -0.560. The molecule has 0 radical (unpaired) electrons. The van der Waals surface area contributed by atoms with Gasteiger partial charge in [0.25, 0.3) is 0 Å². The highest BCUT2D eigenvalue weighted by Crippen LogP contribution is 2.10. The van der Waals surface area contributed by atoms with Crippen LogP contribution in [0.15, 0.2) is 30.3 Å². The van der Waals surface area contributed by atoms with Crippen LogP contribution in [0, 0.1) is 0 Å². The Labute approximate surface area is 82.4 Å². The molecule has 0 bridgehead atoms. The lowest BCUT2D eigenvalue weighted by Crippen LogP contribution is -1.77. The van der Waals surface area contributed by atoms with E-state index in [1.807, 2.05) is 0 Å². The van der Waals surface area contributed by atoms with Gasteiger partial charge in [-0.3, -0.25) is 0 Å². The van der Waals surface area contributed by atoms with Gasteiger partial charge in [0.05, 0.1) is 0 Å². The van der Waals surface area contributed by atoms with Gasteiger partial charge in [0.2, 0.25) is 0 Å². The summed E-state index contributed by atoms with van der Waals surface area (Å²) in [6.45, 7) is 2.14. The summed E-state index contributed by atoms with van der Waals surface area (Å²) < 4.78 is 0. The largest absolute Gasteiger partial charge is 0.0876 e. The molecule has 1 aromatic carbocycles. The molecule has 0 heterocycles. The summed E-state index contributed by atoms with van der Waals surface area (Å²) in [7, 11) is 0. The zero-order valence-corrected chi connectivity index (χ0v) is 8.84. The Balaban J connectivity index is 2.79. The lowest BCUT2D eigenvalue weighted by molar-refractivity contribution is 1.23. The standard InChI is InChI=1S/C11H13Br/c1-2-3-5-10-6-4-7-11(8-10)9-12/h3-8H,2,9H2,1H3. The van der Waals surface area contributed by atoms with Crippen molar-refractivity contribution in [3.05, 3.63) is 41.5 Å². The Morgan fingerprint density at radius 2 is 2.25 bits per heavy atom. The van der Waals surface area contributed by atoms with Gasteiger partial charge in [-0.1, -0.05) is 59.3 Å². The van der Waals surface area contributed by atoms with Gasteiger partial charge in [0, 0.05) is 5.33 Å². The third-order valence-electron chi connectivity index (χ3n) is 1.65. The first kappa shape index (κ1) is 9.53. The summed E-state index contributed by atoms with van der Waals surface area (Å²) >= 11 is 3.44. The van der Waals surface area contributed by atoms with Crippen LogP contribution in [0.2, 0.25) is 0 Å². The highest BCUT2D eigenvalue weighted by Gasteiger charge is 1.89. The molecule has 1 rings (SSSR count). The van der Waals surface area contributed by atoms with Gasteiger partial charge in [-0.05, 0) is 17.5 Å². The van der Waals surface area contributed by atoms with E-state index in [4.69, 9.17) is 0 Å². The molecule has 0 saturated heterocycles. The van der Waals surface area contributed by atoms with Crippen molar-refractivity contribution < 1.29 is 0 Å². The fraction of sp³-hybridized carbons (Fsp3) is 0.273. The van der Waals surface area contributed by atoms with Crippen molar-refractivity contribution in [3.8, 4) is 0 Å². The maximum Gasteiger partial charge on any atom is 0.0283 e. The summed E-state index contributed by atoms with van der Waals surface area (Å²) in [5.41, 5.74) is 2.61. The second kappa shape index (κ2) is 5.15. The minimum absolute atomic E-state index is 0.931. The summed E-state index contributed by atoms with van der Waals surface area (Å²) in [4.78, 5) is 0. The van der Waals surface area contributed by atoms with E-state index in [-0.39, 0.29) is 0 Å². The van der Waals surface area contributed by atoms with Crippen LogP contribution in [-0.4, -0.2) is 0 Å². The highest BCUT2D eigenvalue weighted by atomic mass is 79.9. The lowest BCUT2D eigenvalue weighted by atomic mass is 10.1. The monoisotopic (exact) mass is 224 g/mol. The minimum atomic E-state index is 0.931. The van der Waals surface area contributed by atoms with Crippen molar-refractivity contribution in [2.45, 2.75) is 18.7 Å². The van der Waals surface area contributed by atoms with E-state index < -0.39 is 0 Å². The number of halogens is 1.